The van der Waals surface area contributed by atoms with Gasteiger partial charge in [0.05, 0.1) is 24.5 Å². The maximum atomic E-state index is 13.5. The lowest BCUT2D eigenvalue weighted by Crippen LogP contribution is -2.49. The molecular weight excluding hydrogens is 588 g/mol. The first-order valence-corrected chi connectivity index (χ1v) is 17.3. The minimum atomic E-state index is -4.06. The molecule has 2 aromatic rings. The number of aliphatic hydroxyl groups excluding tert-OH is 1. The summed E-state index contributed by atoms with van der Waals surface area (Å²) >= 11 is 6.39. The van der Waals surface area contributed by atoms with Crippen LogP contribution >= 0.6 is 11.6 Å². The van der Waals surface area contributed by atoms with E-state index in [1.165, 1.54) is 18.2 Å². The van der Waals surface area contributed by atoms with Gasteiger partial charge >= 0.3 is 0 Å². The maximum Gasteiger partial charge on any atom is 0.264 e. The molecule has 1 fully saturated rings. The second kappa shape index (κ2) is 12.1. The predicted molar refractivity (Wildman–Crippen MR) is 167 cm³/mol. The second-order valence-corrected chi connectivity index (χ2v) is 15.0. The first-order chi connectivity index (χ1) is 20.6. The molecule has 4 aliphatic rings. The summed E-state index contributed by atoms with van der Waals surface area (Å²) in [7, 11) is -2.59. The number of fused-ring (bicyclic) bond motifs is 4. The van der Waals surface area contributed by atoms with Gasteiger partial charge in [0.2, 0.25) is 10.0 Å². The number of halogens is 1. The second-order valence-electron chi connectivity index (χ2n) is 12.6. The van der Waals surface area contributed by atoms with Crippen molar-refractivity contribution >= 4 is 33.2 Å². The summed E-state index contributed by atoms with van der Waals surface area (Å²) in [4.78, 5) is 15.8. The van der Waals surface area contributed by atoms with Gasteiger partial charge in [0, 0.05) is 36.2 Å². The number of rotatable bonds is 2. The number of methoxy groups -OCH3 is 1. The molecule has 232 valence electrons. The minimum absolute atomic E-state index is 0.0864. The van der Waals surface area contributed by atoms with Crippen molar-refractivity contribution in [2.24, 2.45) is 11.8 Å². The van der Waals surface area contributed by atoms with Crippen molar-refractivity contribution in [1.82, 2.24) is 4.72 Å². The van der Waals surface area contributed by atoms with Gasteiger partial charge in [-0.15, -0.1) is 0 Å². The van der Waals surface area contributed by atoms with Gasteiger partial charge in [-0.3, -0.25) is 4.79 Å². The molecule has 6 atom stereocenters. The SMILES string of the molecule is CC[C@H]1[C@H](OC)C/C=C\[C@H](O)[C@@H]2CC[C@H]2CN2C[C@@]3(CCCc4cc(Cl)ccc43)COc3ccc(cc32)C(=O)NS1(=O)=O. The number of benzene rings is 2. The summed E-state index contributed by atoms with van der Waals surface area (Å²) in [6.07, 6.45) is 7.74. The van der Waals surface area contributed by atoms with Crippen LogP contribution in [-0.2, 0) is 26.6 Å². The normalized spacial score (nSPS) is 32.8. The first-order valence-electron chi connectivity index (χ1n) is 15.4. The van der Waals surface area contributed by atoms with E-state index in [4.69, 9.17) is 21.1 Å². The largest absolute Gasteiger partial charge is 0.490 e. The zero-order valence-corrected chi connectivity index (χ0v) is 26.4. The molecular formula is C33H41ClN2O6S. The molecule has 2 aliphatic heterocycles. The third-order valence-electron chi connectivity index (χ3n) is 10.1. The van der Waals surface area contributed by atoms with E-state index in [2.05, 4.69) is 21.8 Å². The van der Waals surface area contributed by atoms with E-state index in [0.717, 1.165) is 42.8 Å². The fourth-order valence-electron chi connectivity index (χ4n) is 7.65. The number of hydrogen-bond acceptors (Lipinski definition) is 7. The van der Waals surface area contributed by atoms with Gasteiger partial charge in [-0.2, -0.15) is 0 Å². The van der Waals surface area contributed by atoms with E-state index in [1.807, 2.05) is 12.1 Å². The Morgan fingerprint density at radius 1 is 1.21 bits per heavy atom. The number of anilines is 1. The Kier molecular flexibility index (Phi) is 8.54. The van der Waals surface area contributed by atoms with E-state index in [-0.39, 0.29) is 29.2 Å². The summed E-state index contributed by atoms with van der Waals surface area (Å²) in [6, 6.07) is 11.3. The summed E-state index contributed by atoms with van der Waals surface area (Å²) in [5.41, 5.74) is 3.25. The topological polar surface area (TPSA) is 105 Å². The molecule has 1 saturated carbocycles. The number of carbonyl (C=O) groups is 1. The maximum absolute atomic E-state index is 13.5. The number of aryl methyl sites for hydroxylation is 1. The highest BCUT2D eigenvalue weighted by molar-refractivity contribution is 7.90. The van der Waals surface area contributed by atoms with Crippen LogP contribution in [0.5, 0.6) is 5.75 Å². The quantitative estimate of drug-likeness (QED) is 0.450. The fraction of sp³-hybridized carbons (Fsp3) is 0.545. The van der Waals surface area contributed by atoms with E-state index < -0.39 is 33.4 Å². The third kappa shape index (κ3) is 5.81. The summed E-state index contributed by atoms with van der Waals surface area (Å²) in [5, 5.41) is 11.0. The Balaban J connectivity index is 1.42. The first kappa shape index (κ1) is 30.4. The molecule has 43 heavy (non-hydrogen) atoms. The molecule has 2 aromatic carbocycles. The average Bonchev–Trinajstić information content (AvgIpc) is 3.10. The zero-order chi connectivity index (χ0) is 30.4. The fourth-order valence-corrected chi connectivity index (χ4v) is 9.43. The molecule has 2 heterocycles. The van der Waals surface area contributed by atoms with Crippen molar-refractivity contribution in [3.8, 4) is 5.75 Å². The van der Waals surface area contributed by atoms with Crippen molar-refractivity contribution in [2.45, 2.75) is 74.7 Å². The Bertz CT molecular complexity index is 1510. The van der Waals surface area contributed by atoms with Crippen LogP contribution in [0.4, 0.5) is 5.69 Å². The van der Waals surface area contributed by atoms with Gasteiger partial charge in [0.1, 0.15) is 11.0 Å². The minimum Gasteiger partial charge on any atom is -0.490 e. The van der Waals surface area contributed by atoms with Gasteiger partial charge in [-0.05, 0) is 98.2 Å². The van der Waals surface area contributed by atoms with Crippen LogP contribution in [0.15, 0.2) is 48.6 Å². The van der Waals surface area contributed by atoms with Gasteiger partial charge in [0.25, 0.3) is 5.91 Å². The monoisotopic (exact) mass is 628 g/mol. The summed E-state index contributed by atoms with van der Waals surface area (Å²) in [6.45, 7) is 3.63. The van der Waals surface area contributed by atoms with Crippen molar-refractivity contribution in [1.29, 1.82) is 0 Å². The van der Waals surface area contributed by atoms with Crippen LogP contribution in [0, 0.1) is 11.8 Å². The van der Waals surface area contributed by atoms with Crippen molar-refractivity contribution in [3.63, 3.8) is 0 Å². The molecule has 1 spiro atoms. The Hall–Kier alpha value is -2.59. The number of sulfonamides is 1. The number of nitrogens with zero attached hydrogens (tertiary/aromatic N) is 1. The molecule has 2 aliphatic carbocycles. The molecule has 2 N–H and O–H groups in total. The highest BCUT2D eigenvalue weighted by atomic mass is 35.5. The molecule has 1 amide bonds. The van der Waals surface area contributed by atoms with E-state index in [1.54, 1.807) is 31.2 Å². The van der Waals surface area contributed by atoms with Crippen LogP contribution in [0.25, 0.3) is 0 Å². The molecule has 2 bridgehead atoms. The van der Waals surface area contributed by atoms with Crippen LogP contribution in [-0.4, -0.2) is 63.7 Å². The van der Waals surface area contributed by atoms with Crippen molar-refractivity contribution < 1.29 is 27.8 Å². The van der Waals surface area contributed by atoms with Gasteiger partial charge in [-0.25, -0.2) is 13.1 Å². The van der Waals surface area contributed by atoms with Gasteiger partial charge in [0.15, 0.2) is 0 Å². The number of nitrogens with one attached hydrogen (secondary N) is 1. The number of carbonyl (C=O) groups excluding carboxylic acids is 1. The van der Waals surface area contributed by atoms with Gasteiger partial charge < -0.3 is 19.5 Å². The molecule has 0 unspecified atom stereocenters. The van der Waals surface area contributed by atoms with Crippen molar-refractivity contribution in [3.05, 3.63) is 70.3 Å². The lowest BCUT2D eigenvalue weighted by Gasteiger charge is -2.45. The lowest BCUT2D eigenvalue weighted by molar-refractivity contribution is 0.0451. The Morgan fingerprint density at radius 2 is 2.05 bits per heavy atom. The van der Waals surface area contributed by atoms with Gasteiger partial charge in [-0.1, -0.05) is 36.7 Å². The predicted octanol–water partition coefficient (Wildman–Crippen LogP) is 5.01. The van der Waals surface area contributed by atoms with Crippen LogP contribution in [0.3, 0.4) is 0 Å². The molecule has 0 radical (unpaired) electrons. The highest BCUT2D eigenvalue weighted by Crippen LogP contribution is 2.46. The molecule has 8 nitrogen and oxygen atoms in total. The summed E-state index contributed by atoms with van der Waals surface area (Å²) in [5.74, 6) is 0.333. The average molecular weight is 629 g/mol. The summed E-state index contributed by atoms with van der Waals surface area (Å²) < 4.78 is 41.3. The van der Waals surface area contributed by atoms with Crippen LogP contribution in [0.2, 0.25) is 5.02 Å². The van der Waals surface area contributed by atoms with E-state index in [9.17, 15) is 18.3 Å². The van der Waals surface area contributed by atoms with Crippen LogP contribution < -0.4 is 14.4 Å². The molecule has 0 saturated heterocycles. The Morgan fingerprint density at radius 3 is 2.79 bits per heavy atom. The number of aliphatic hydroxyl groups is 1. The van der Waals surface area contributed by atoms with E-state index in [0.29, 0.717) is 31.9 Å². The van der Waals surface area contributed by atoms with Crippen molar-refractivity contribution in [2.75, 3.05) is 31.7 Å². The number of hydrogen-bond donors (Lipinski definition) is 2. The zero-order valence-electron chi connectivity index (χ0n) is 24.8. The third-order valence-corrected chi connectivity index (χ3v) is 12.3. The highest BCUT2D eigenvalue weighted by Gasteiger charge is 2.44. The van der Waals surface area contributed by atoms with E-state index >= 15 is 0 Å². The smallest absolute Gasteiger partial charge is 0.264 e. The number of amides is 1. The molecule has 10 heteroatoms. The number of ether oxygens (including phenoxy) is 2. The Labute approximate surface area is 259 Å². The molecule has 6 rings (SSSR count). The standard InChI is InChI=1S/C33H41ClN2O6S/c1-3-31-30(41-2)8-4-7-28(37)25-12-9-23(25)18-36-19-33(15-5-6-21-16-24(34)11-13-26(21)33)20-42-29-14-10-22(17-27(29)36)32(38)35-43(31,39)40/h4,7,10-11,13-14,16-17,23,25,28,30-31,37H,3,5-6,8-9,12,15,18-20H2,1-2H3,(H,35,38)/b7-4-/t23-,25+,28-,30+,31-,33-/m0/s1. The van der Waals surface area contributed by atoms with Crippen LogP contribution in [0.1, 0.15) is 66.9 Å². The lowest BCUT2D eigenvalue weighted by atomic mass is 9.68. The molecule has 0 aromatic heterocycles.